The van der Waals surface area contributed by atoms with Crippen LogP contribution >= 0.6 is 0 Å². The second-order valence-electron chi connectivity index (χ2n) is 7.12. The maximum atomic E-state index is 6.29. The van der Waals surface area contributed by atoms with Gasteiger partial charge in [-0.3, -0.25) is 0 Å². The largest absolute Gasteiger partial charge is 0.338 e. The first kappa shape index (κ1) is 11.9. The molecule has 4 nitrogen and oxygen atoms in total. The Hall–Kier alpha value is -0.900. The van der Waals surface area contributed by atoms with E-state index in [4.69, 9.17) is 10.3 Å². The third-order valence-electron chi connectivity index (χ3n) is 5.81. The molecule has 0 amide bonds. The summed E-state index contributed by atoms with van der Waals surface area (Å²) in [7, 11) is 0. The van der Waals surface area contributed by atoms with Crippen molar-refractivity contribution in [2.24, 2.45) is 35.3 Å². The summed E-state index contributed by atoms with van der Waals surface area (Å²) in [5.41, 5.74) is 6.29. The van der Waals surface area contributed by atoms with Gasteiger partial charge < -0.3 is 10.3 Å². The van der Waals surface area contributed by atoms with Crippen molar-refractivity contribution >= 4 is 0 Å². The van der Waals surface area contributed by atoms with E-state index in [2.05, 4.69) is 10.1 Å². The van der Waals surface area contributed by atoms with Crippen LogP contribution in [0.1, 0.15) is 56.3 Å². The Kier molecular flexibility index (Phi) is 2.69. The zero-order valence-corrected chi connectivity index (χ0v) is 11.6. The Labute approximate surface area is 114 Å². The molecule has 1 unspecified atom stereocenters. The van der Waals surface area contributed by atoms with Crippen LogP contribution in [0.4, 0.5) is 0 Å². The molecule has 1 heterocycles. The molecule has 19 heavy (non-hydrogen) atoms. The minimum absolute atomic E-state index is 0.0660. The minimum atomic E-state index is -0.0660. The average molecular weight is 261 g/mol. The minimum Gasteiger partial charge on any atom is -0.338 e. The summed E-state index contributed by atoms with van der Waals surface area (Å²) in [6.07, 6.45) is 8.35. The number of hydrogen-bond acceptors (Lipinski definition) is 4. The van der Waals surface area contributed by atoms with Gasteiger partial charge >= 0.3 is 0 Å². The summed E-state index contributed by atoms with van der Waals surface area (Å²) in [6, 6.07) is -0.0660. The Morgan fingerprint density at radius 1 is 1.16 bits per heavy atom. The lowest BCUT2D eigenvalue weighted by Gasteiger charge is -2.55. The van der Waals surface area contributed by atoms with E-state index in [0.29, 0.717) is 11.7 Å². The van der Waals surface area contributed by atoms with E-state index < -0.39 is 0 Å². The van der Waals surface area contributed by atoms with Gasteiger partial charge in [0.2, 0.25) is 5.89 Å². The van der Waals surface area contributed by atoms with E-state index in [-0.39, 0.29) is 6.04 Å². The highest BCUT2D eigenvalue weighted by atomic mass is 16.5. The predicted octanol–water partition coefficient (Wildman–Crippen LogP) is 2.84. The molecular formula is C15H23N3O. The molecule has 0 saturated heterocycles. The lowest BCUT2D eigenvalue weighted by atomic mass is 9.51. The van der Waals surface area contributed by atoms with Gasteiger partial charge in [-0.2, -0.15) is 4.98 Å². The second kappa shape index (κ2) is 4.30. The SMILES string of the molecule is Cc1noc(C(N)CC2C3CC4CC(C3)CC2C4)n1. The van der Waals surface area contributed by atoms with Gasteiger partial charge in [0, 0.05) is 0 Å². The lowest BCUT2D eigenvalue weighted by Crippen LogP contribution is -2.45. The Morgan fingerprint density at radius 2 is 1.79 bits per heavy atom. The molecule has 0 aromatic carbocycles. The number of nitrogens with two attached hydrogens (primary N) is 1. The number of aryl methyl sites for hydroxylation is 1. The molecule has 1 atom stereocenters. The summed E-state index contributed by atoms with van der Waals surface area (Å²) < 4.78 is 5.23. The van der Waals surface area contributed by atoms with Crippen LogP contribution in [0.15, 0.2) is 4.52 Å². The van der Waals surface area contributed by atoms with Gasteiger partial charge in [0.15, 0.2) is 5.82 Å². The highest BCUT2D eigenvalue weighted by molar-refractivity contribution is 5.00. The monoisotopic (exact) mass is 261 g/mol. The summed E-state index contributed by atoms with van der Waals surface area (Å²) in [6.45, 7) is 1.85. The summed E-state index contributed by atoms with van der Waals surface area (Å²) in [4.78, 5) is 4.29. The Balaban J connectivity index is 1.48. The molecule has 104 valence electrons. The van der Waals surface area contributed by atoms with Crippen LogP contribution in [-0.2, 0) is 0 Å². The van der Waals surface area contributed by atoms with E-state index in [1.807, 2.05) is 6.92 Å². The van der Waals surface area contributed by atoms with Gasteiger partial charge in [0.25, 0.3) is 0 Å². The van der Waals surface area contributed by atoms with Crippen LogP contribution in [0.5, 0.6) is 0 Å². The third-order valence-corrected chi connectivity index (χ3v) is 5.81. The topological polar surface area (TPSA) is 64.9 Å². The first-order valence-corrected chi connectivity index (χ1v) is 7.75. The zero-order chi connectivity index (χ0) is 13.0. The fourth-order valence-corrected chi connectivity index (χ4v) is 5.28. The van der Waals surface area contributed by atoms with E-state index in [1.165, 1.54) is 32.1 Å². The lowest BCUT2D eigenvalue weighted by molar-refractivity contribution is -0.0429. The molecule has 2 N–H and O–H groups in total. The van der Waals surface area contributed by atoms with Crippen LogP contribution in [0, 0.1) is 36.5 Å². The van der Waals surface area contributed by atoms with Crippen molar-refractivity contribution in [3.05, 3.63) is 11.7 Å². The number of aromatic nitrogens is 2. The molecule has 4 heteroatoms. The van der Waals surface area contributed by atoms with Crippen LogP contribution in [0.2, 0.25) is 0 Å². The van der Waals surface area contributed by atoms with Crippen molar-refractivity contribution in [1.29, 1.82) is 0 Å². The van der Waals surface area contributed by atoms with Gasteiger partial charge in [0.05, 0.1) is 6.04 Å². The number of hydrogen-bond donors (Lipinski definition) is 1. The van der Waals surface area contributed by atoms with Crippen LogP contribution in [0.25, 0.3) is 0 Å². The molecule has 4 saturated carbocycles. The van der Waals surface area contributed by atoms with Crippen molar-refractivity contribution in [2.45, 2.75) is 51.5 Å². The van der Waals surface area contributed by atoms with Crippen molar-refractivity contribution in [3.63, 3.8) is 0 Å². The van der Waals surface area contributed by atoms with Gasteiger partial charge in [0.1, 0.15) is 0 Å². The van der Waals surface area contributed by atoms with E-state index in [9.17, 15) is 0 Å². The van der Waals surface area contributed by atoms with Gasteiger partial charge in [-0.25, -0.2) is 0 Å². The van der Waals surface area contributed by atoms with E-state index >= 15 is 0 Å². The summed E-state index contributed by atoms with van der Waals surface area (Å²) >= 11 is 0. The normalized spacial score (nSPS) is 41.7. The highest BCUT2D eigenvalue weighted by Gasteiger charge is 2.48. The maximum absolute atomic E-state index is 6.29. The fourth-order valence-electron chi connectivity index (χ4n) is 5.28. The predicted molar refractivity (Wildman–Crippen MR) is 71.1 cm³/mol. The second-order valence-corrected chi connectivity index (χ2v) is 7.12. The van der Waals surface area contributed by atoms with E-state index in [1.54, 1.807) is 0 Å². The average Bonchev–Trinajstić information content (AvgIpc) is 2.79. The molecule has 4 aliphatic carbocycles. The van der Waals surface area contributed by atoms with Crippen LogP contribution in [-0.4, -0.2) is 10.1 Å². The van der Waals surface area contributed by atoms with Gasteiger partial charge in [-0.05, 0) is 75.0 Å². The molecule has 4 fully saturated rings. The van der Waals surface area contributed by atoms with Gasteiger partial charge in [-0.15, -0.1) is 0 Å². The molecular weight excluding hydrogens is 238 g/mol. The summed E-state index contributed by atoms with van der Waals surface area (Å²) in [5, 5.41) is 3.86. The standard InChI is InChI=1S/C15H23N3O/c1-8-17-15(19-18-8)14(16)7-13-11-3-9-2-10(5-11)6-12(13)4-9/h9-14H,2-7,16H2,1H3. The molecule has 0 radical (unpaired) electrons. The first-order chi connectivity index (χ1) is 9.19. The Bertz CT molecular complexity index is 442. The fraction of sp³-hybridized carbons (Fsp3) is 0.867. The molecule has 4 aliphatic rings. The van der Waals surface area contributed by atoms with Crippen molar-refractivity contribution in [3.8, 4) is 0 Å². The summed E-state index contributed by atoms with van der Waals surface area (Å²) in [5.74, 6) is 6.02. The number of rotatable bonds is 3. The van der Waals surface area contributed by atoms with Crippen molar-refractivity contribution in [2.75, 3.05) is 0 Å². The quantitative estimate of drug-likeness (QED) is 0.908. The number of nitrogens with zero attached hydrogens (tertiary/aromatic N) is 2. The Morgan fingerprint density at radius 3 is 2.32 bits per heavy atom. The molecule has 4 bridgehead atoms. The first-order valence-electron chi connectivity index (χ1n) is 7.75. The van der Waals surface area contributed by atoms with Crippen molar-refractivity contribution in [1.82, 2.24) is 10.1 Å². The van der Waals surface area contributed by atoms with Crippen molar-refractivity contribution < 1.29 is 4.52 Å². The van der Waals surface area contributed by atoms with Crippen LogP contribution < -0.4 is 5.73 Å². The molecule has 5 rings (SSSR count). The molecule has 1 aromatic heterocycles. The third kappa shape index (κ3) is 2.00. The molecule has 0 spiro atoms. The van der Waals surface area contributed by atoms with Crippen LogP contribution in [0.3, 0.4) is 0 Å². The van der Waals surface area contributed by atoms with E-state index in [0.717, 1.165) is 36.0 Å². The maximum Gasteiger partial charge on any atom is 0.243 e. The van der Waals surface area contributed by atoms with Gasteiger partial charge in [-0.1, -0.05) is 5.16 Å². The smallest absolute Gasteiger partial charge is 0.243 e. The molecule has 1 aromatic rings. The molecule has 0 aliphatic heterocycles. The zero-order valence-electron chi connectivity index (χ0n) is 11.6. The highest BCUT2D eigenvalue weighted by Crippen LogP contribution is 2.58.